The average molecular weight is 317 g/mol. The third kappa shape index (κ3) is 4.99. The minimum Gasteiger partial charge on any atom is -0.388 e. The summed E-state index contributed by atoms with van der Waals surface area (Å²) in [6, 6.07) is 3.43. The number of amides is 2. The maximum atomic E-state index is 13.1. The second-order valence-electron chi connectivity index (χ2n) is 4.69. The quantitative estimate of drug-likeness (QED) is 0.728. The molecule has 0 bridgehead atoms. The zero-order valence-electron chi connectivity index (χ0n) is 11.9. The van der Waals surface area contributed by atoms with Gasteiger partial charge in [0.25, 0.3) is 0 Å². The van der Waals surface area contributed by atoms with Gasteiger partial charge < -0.3 is 15.7 Å². The Morgan fingerprint density at radius 1 is 1.29 bits per heavy atom. The number of rotatable bonds is 5. The molecule has 0 radical (unpaired) electrons. The van der Waals surface area contributed by atoms with Gasteiger partial charge in [-0.25, -0.2) is 4.39 Å². The predicted octanol–water partition coefficient (Wildman–Crippen LogP) is 2.08. The van der Waals surface area contributed by atoms with E-state index in [2.05, 4.69) is 10.6 Å². The van der Waals surface area contributed by atoms with Crippen LogP contribution in [0.3, 0.4) is 0 Å². The van der Waals surface area contributed by atoms with E-state index >= 15 is 0 Å². The van der Waals surface area contributed by atoms with E-state index < -0.39 is 23.2 Å². The second-order valence-corrected chi connectivity index (χ2v) is 5.10. The lowest BCUT2D eigenvalue weighted by Crippen LogP contribution is -2.45. The highest BCUT2D eigenvalue weighted by atomic mass is 35.5. The number of halogens is 2. The van der Waals surface area contributed by atoms with Crippen LogP contribution in [0.4, 0.5) is 10.1 Å². The van der Waals surface area contributed by atoms with E-state index in [9.17, 15) is 19.1 Å². The summed E-state index contributed by atoms with van der Waals surface area (Å²) in [6.45, 7) is 3.52. The number of benzene rings is 1. The first-order chi connectivity index (χ1) is 9.81. The van der Waals surface area contributed by atoms with Crippen LogP contribution in [0, 0.1) is 5.82 Å². The van der Waals surface area contributed by atoms with Crippen molar-refractivity contribution in [3.05, 3.63) is 29.0 Å². The minimum atomic E-state index is -1.05. The van der Waals surface area contributed by atoms with Gasteiger partial charge in [0.15, 0.2) is 0 Å². The van der Waals surface area contributed by atoms with Crippen molar-refractivity contribution in [2.45, 2.75) is 32.3 Å². The van der Waals surface area contributed by atoms with Crippen LogP contribution in [0.2, 0.25) is 5.02 Å². The van der Waals surface area contributed by atoms with Crippen molar-refractivity contribution >= 4 is 29.1 Å². The first kappa shape index (κ1) is 17.4. The molecule has 3 N–H and O–H groups in total. The molecular formula is C14H18ClFN2O3. The highest BCUT2D eigenvalue weighted by molar-refractivity contribution is 6.41. The molecule has 1 aromatic carbocycles. The summed E-state index contributed by atoms with van der Waals surface area (Å²) < 4.78 is 13.1. The normalized spacial score (nSPS) is 11.1. The molecule has 0 atom stereocenters. The fourth-order valence-corrected chi connectivity index (χ4v) is 1.76. The second kappa shape index (κ2) is 7.38. The van der Waals surface area contributed by atoms with Gasteiger partial charge in [-0.2, -0.15) is 0 Å². The largest absolute Gasteiger partial charge is 0.388 e. The van der Waals surface area contributed by atoms with E-state index in [0.29, 0.717) is 12.8 Å². The van der Waals surface area contributed by atoms with E-state index in [1.165, 1.54) is 6.07 Å². The zero-order valence-corrected chi connectivity index (χ0v) is 12.6. The number of nitrogens with one attached hydrogen (secondary N) is 2. The fourth-order valence-electron chi connectivity index (χ4n) is 1.60. The molecule has 7 heteroatoms. The molecule has 21 heavy (non-hydrogen) atoms. The van der Waals surface area contributed by atoms with Crippen LogP contribution >= 0.6 is 11.6 Å². The molecule has 0 unspecified atom stereocenters. The molecule has 0 aromatic heterocycles. The number of anilines is 1. The molecule has 1 aromatic rings. The van der Waals surface area contributed by atoms with E-state index in [1.807, 2.05) is 0 Å². The third-order valence-corrected chi connectivity index (χ3v) is 3.61. The van der Waals surface area contributed by atoms with E-state index in [4.69, 9.17) is 11.6 Å². The van der Waals surface area contributed by atoms with Gasteiger partial charge in [0.05, 0.1) is 16.3 Å². The van der Waals surface area contributed by atoms with Crippen LogP contribution in [0.1, 0.15) is 26.7 Å². The Labute approximate surface area is 127 Å². The summed E-state index contributed by atoms with van der Waals surface area (Å²) in [5.41, 5.74) is -1.04. The summed E-state index contributed by atoms with van der Waals surface area (Å²) in [7, 11) is 0. The molecule has 0 aliphatic rings. The smallest absolute Gasteiger partial charge is 0.313 e. The highest BCUT2D eigenvalue weighted by Gasteiger charge is 2.24. The average Bonchev–Trinajstić information content (AvgIpc) is 2.48. The number of hydrogen-bond acceptors (Lipinski definition) is 3. The Bertz CT molecular complexity index is 533. The van der Waals surface area contributed by atoms with Crippen LogP contribution in [0.5, 0.6) is 0 Å². The van der Waals surface area contributed by atoms with Gasteiger partial charge in [-0.1, -0.05) is 25.4 Å². The third-order valence-electron chi connectivity index (χ3n) is 3.28. The van der Waals surface area contributed by atoms with Crippen molar-refractivity contribution < 1.29 is 19.1 Å². The minimum absolute atomic E-state index is 0.0121. The Kier molecular flexibility index (Phi) is 6.11. The van der Waals surface area contributed by atoms with Crippen LogP contribution < -0.4 is 10.6 Å². The zero-order chi connectivity index (χ0) is 16.0. The number of carbonyl (C=O) groups excluding carboxylic acids is 2. The van der Waals surface area contributed by atoms with Crippen molar-refractivity contribution in [2.75, 3.05) is 11.9 Å². The van der Waals surface area contributed by atoms with E-state index in [-0.39, 0.29) is 17.3 Å². The Morgan fingerprint density at radius 2 is 1.90 bits per heavy atom. The maximum Gasteiger partial charge on any atom is 0.313 e. The van der Waals surface area contributed by atoms with Crippen molar-refractivity contribution in [3.63, 3.8) is 0 Å². The molecule has 0 saturated carbocycles. The Balaban J connectivity index is 2.63. The van der Waals surface area contributed by atoms with Gasteiger partial charge in [-0.3, -0.25) is 9.59 Å². The predicted molar refractivity (Wildman–Crippen MR) is 78.6 cm³/mol. The lowest BCUT2D eigenvalue weighted by Gasteiger charge is -2.25. The highest BCUT2D eigenvalue weighted by Crippen LogP contribution is 2.22. The van der Waals surface area contributed by atoms with Crippen molar-refractivity contribution in [1.82, 2.24) is 5.32 Å². The molecule has 0 saturated heterocycles. The van der Waals surface area contributed by atoms with Crippen molar-refractivity contribution in [1.29, 1.82) is 0 Å². The summed E-state index contributed by atoms with van der Waals surface area (Å²) >= 11 is 5.79. The maximum absolute atomic E-state index is 13.1. The van der Waals surface area contributed by atoms with E-state index in [1.54, 1.807) is 13.8 Å². The molecule has 0 spiro atoms. The van der Waals surface area contributed by atoms with Gasteiger partial charge in [-0.05, 0) is 31.0 Å². The van der Waals surface area contributed by atoms with Crippen molar-refractivity contribution in [2.24, 2.45) is 0 Å². The van der Waals surface area contributed by atoms with Crippen molar-refractivity contribution in [3.8, 4) is 0 Å². The van der Waals surface area contributed by atoms with Gasteiger partial charge >= 0.3 is 11.8 Å². The van der Waals surface area contributed by atoms with Gasteiger partial charge in [-0.15, -0.1) is 0 Å². The molecule has 0 heterocycles. The van der Waals surface area contributed by atoms with Gasteiger partial charge in [0, 0.05) is 6.54 Å². The standard InChI is InChI=1S/C14H18ClFN2O3/c1-3-14(21,4-2)8-17-12(19)13(20)18-11-7-9(16)5-6-10(11)15/h5-7,21H,3-4,8H2,1-2H3,(H,17,19)(H,18,20). The molecule has 2 amide bonds. The first-order valence-electron chi connectivity index (χ1n) is 6.58. The molecule has 5 nitrogen and oxygen atoms in total. The Hall–Kier alpha value is -1.66. The summed E-state index contributed by atoms with van der Waals surface area (Å²) in [5.74, 6) is -2.48. The lowest BCUT2D eigenvalue weighted by atomic mass is 9.98. The van der Waals surface area contributed by atoms with Gasteiger partial charge in [0.2, 0.25) is 0 Å². The summed E-state index contributed by atoms with van der Waals surface area (Å²) in [5, 5.41) is 14.7. The molecule has 116 valence electrons. The molecular weight excluding hydrogens is 299 g/mol. The van der Waals surface area contributed by atoms with Crippen LogP contribution in [0.25, 0.3) is 0 Å². The molecule has 0 aliphatic heterocycles. The lowest BCUT2D eigenvalue weighted by molar-refractivity contribution is -0.136. The SMILES string of the molecule is CCC(O)(CC)CNC(=O)C(=O)Nc1cc(F)ccc1Cl. The Morgan fingerprint density at radius 3 is 2.48 bits per heavy atom. The molecule has 1 rings (SSSR count). The van der Waals surface area contributed by atoms with E-state index in [0.717, 1.165) is 12.1 Å². The van der Waals surface area contributed by atoms with Crippen LogP contribution in [-0.2, 0) is 9.59 Å². The molecule has 0 fully saturated rings. The summed E-state index contributed by atoms with van der Waals surface area (Å²) in [4.78, 5) is 23.3. The number of carbonyl (C=O) groups is 2. The monoisotopic (exact) mass is 316 g/mol. The van der Waals surface area contributed by atoms with Gasteiger partial charge in [0.1, 0.15) is 5.82 Å². The first-order valence-corrected chi connectivity index (χ1v) is 6.95. The summed E-state index contributed by atoms with van der Waals surface area (Å²) in [6.07, 6.45) is 0.891. The number of hydrogen-bond donors (Lipinski definition) is 3. The number of aliphatic hydroxyl groups is 1. The van der Waals surface area contributed by atoms with Crippen LogP contribution in [-0.4, -0.2) is 29.1 Å². The topological polar surface area (TPSA) is 78.4 Å². The fraction of sp³-hybridized carbons (Fsp3) is 0.429. The van der Waals surface area contributed by atoms with Crippen LogP contribution in [0.15, 0.2) is 18.2 Å². The molecule has 0 aliphatic carbocycles.